The topological polar surface area (TPSA) is 114 Å². The smallest absolute Gasteiger partial charge is 0.355 e. The molecular weight excluding hydrogens is 566 g/mol. The molecule has 5 aromatic rings. The molecule has 6 rings (SSSR count). The Labute approximate surface area is 241 Å². The predicted molar refractivity (Wildman–Crippen MR) is 155 cm³/mol. The number of nitrogens with two attached hydrogens (primary N) is 1. The van der Waals surface area contributed by atoms with Crippen LogP contribution in [-0.4, -0.2) is 30.4 Å². The van der Waals surface area contributed by atoms with Crippen molar-refractivity contribution in [2.24, 2.45) is 11.1 Å². The Hall–Kier alpha value is -3.90. The third-order valence-electron chi connectivity index (χ3n) is 7.09. The molecule has 2 aromatic heterocycles. The fraction of sp³-hybridized carbons (Fsp3) is 0.167. The van der Waals surface area contributed by atoms with E-state index in [0.29, 0.717) is 46.3 Å². The van der Waals surface area contributed by atoms with Gasteiger partial charge < -0.3 is 5.11 Å². The molecular formula is C30H25F2N4O3S2+. The summed E-state index contributed by atoms with van der Waals surface area (Å²) in [6, 6.07) is 18.6. The summed E-state index contributed by atoms with van der Waals surface area (Å²) in [5.41, 5.74) is 4.62. The van der Waals surface area contributed by atoms with E-state index in [1.807, 2.05) is 30.3 Å². The van der Waals surface area contributed by atoms with Crippen molar-refractivity contribution in [2.45, 2.75) is 30.6 Å². The van der Waals surface area contributed by atoms with Crippen LogP contribution in [0.15, 0.2) is 77.0 Å². The number of carboxylic acids is 1. The number of hydrogen-bond acceptors (Lipinski definition) is 6. The average Bonchev–Trinajstić information content (AvgIpc) is 3.51. The number of thiazole rings is 1. The summed E-state index contributed by atoms with van der Waals surface area (Å²) < 4.78 is 41.2. The average molecular weight is 592 g/mol. The number of hydrogen-bond donors (Lipinski definition) is 3. The summed E-state index contributed by atoms with van der Waals surface area (Å²) >= 11 is -0.537. The van der Waals surface area contributed by atoms with Crippen LogP contribution in [0.4, 0.5) is 8.78 Å². The van der Waals surface area contributed by atoms with E-state index in [4.69, 9.17) is 10.2 Å². The zero-order valence-electron chi connectivity index (χ0n) is 21.6. The lowest BCUT2D eigenvalue weighted by Gasteiger charge is -2.10. The van der Waals surface area contributed by atoms with Gasteiger partial charge in [-0.15, -0.1) is 16.5 Å². The minimum atomic E-state index is -1.71. The molecule has 1 saturated carbocycles. The molecule has 3 aromatic carbocycles. The zero-order chi connectivity index (χ0) is 28.7. The maximum Gasteiger partial charge on any atom is 0.355 e. The number of rotatable bonds is 9. The minimum Gasteiger partial charge on any atom is -0.476 e. The highest BCUT2D eigenvalue weighted by Gasteiger charge is 2.30. The molecule has 0 amide bonds. The molecule has 0 radical (unpaired) electrons. The highest BCUT2D eigenvalue weighted by atomic mass is 32.2. The summed E-state index contributed by atoms with van der Waals surface area (Å²) in [5, 5.41) is 21.8. The molecule has 41 heavy (non-hydrogen) atoms. The molecule has 1 fully saturated rings. The van der Waals surface area contributed by atoms with Gasteiger partial charge in [0.2, 0.25) is 10.0 Å². The van der Waals surface area contributed by atoms with Crippen molar-refractivity contribution in [3.8, 4) is 27.5 Å². The van der Waals surface area contributed by atoms with Crippen LogP contribution >= 0.6 is 11.3 Å². The van der Waals surface area contributed by atoms with E-state index in [1.165, 1.54) is 34.9 Å². The first-order valence-corrected chi connectivity index (χ1v) is 15.0. The lowest BCUT2D eigenvalue weighted by atomic mass is 9.95. The molecule has 0 bridgehead atoms. The number of nitrogens with zero attached hydrogens (tertiary/aromatic N) is 3. The van der Waals surface area contributed by atoms with Gasteiger partial charge in [0.05, 0.1) is 11.4 Å². The fourth-order valence-corrected chi connectivity index (χ4v) is 6.10. The van der Waals surface area contributed by atoms with E-state index >= 15 is 4.39 Å². The molecule has 11 heteroatoms. The largest absolute Gasteiger partial charge is 0.476 e. The predicted octanol–water partition coefficient (Wildman–Crippen LogP) is 6.51. The SMILES string of the molecule is N[S+](O)c1ccc(Cc2c(-c3ccc(F)c(-c4ccccc4)c3)nn(-c3nc(C(=O)O)cs3)c2CC2CC2)cc1F. The van der Waals surface area contributed by atoms with E-state index in [1.54, 1.807) is 22.9 Å². The highest BCUT2D eigenvalue weighted by molar-refractivity contribution is 7.89. The first kappa shape index (κ1) is 27.3. The quantitative estimate of drug-likeness (QED) is 0.169. The van der Waals surface area contributed by atoms with Crippen LogP contribution < -0.4 is 5.14 Å². The van der Waals surface area contributed by atoms with Crippen LogP contribution in [0.2, 0.25) is 0 Å². The van der Waals surface area contributed by atoms with Gasteiger partial charge in [-0.25, -0.2) is 23.2 Å². The Kier molecular flexibility index (Phi) is 7.43. The van der Waals surface area contributed by atoms with E-state index in [9.17, 15) is 18.8 Å². The molecule has 2 heterocycles. The van der Waals surface area contributed by atoms with Gasteiger partial charge in [-0.05, 0) is 60.6 Å². The molecule has 7 nitrogen and oxygen atoms in total. The number of carboxylic acid groups (broad SMARTS) is 1. The summed E-state index contributed by atoms with van der Waals surface area (Å²) in [6.07, 6.45) is 3.10. The maximum atomic E-state index is 15.0. The van der Waals surface area contributed by atoms with E-state index in [-0.39, 0.29) is 16.4 Å². The lowest BCUT2D eigenvalue weighted by Crippen LogP contribution is -2.13. The van der Waals surface area contributed by atoms with Gasteiger partial charge in [0.15, 0.2) is 11.5 Å². The molecule has 1 unspecified atom stereocenters. The summed E-state index contributed by atoms with van der Waals surface area (Å²) in [4.78, 5) is 15.9. The molecule has 1 aliphatic carbocycles. The van der Waals surface area contributed by atoms with Gasteiger partial charge >= 0.3 is 5.97 Å². The fourth-order valence-electron chi connectivity index (χ4n) is 4.87. The minimum absolute atomic E-state index is 0.0258. The highest BCUT2D eigenvalue weighted by Crippen LogP contribution is 2.39. The molecule has 208 valence electrons. The number of benzene rings is 3. The van der Waals surface area contributed by atoms with Crippen LogP contribution in [0.3, 0.4) is 0 Å². The van der Waals surface area contributed by atoms with Gasteiger partial charge in [-0.3, -0.25) is 0 Å². The lowest BCUT2D eigenvalue weighted by molar-refractivity contribution is 0.0691. The van der Waals surface area contributed by atoms with Crippen molar-refractivity contribution in [3.63, 3.8) is 0 Å². The van der Waals surface area contributed by atoms with Crippen LogP contribution in [0, 0.1) is 17.6 Å². The molecule has 1 atom stereocenters. The number of aromatic carboxylic acids is 1. The van der Waals surface area contributed by atoms with Crippen LogP contribution in [0.25, 0.3) is 27.5 Å². The second kappa shape index (κ2) is 11.2. The van der Waals surface area contributed by atoms with E-state index in [0.717, 1.165) is 29.7 Å². The maximum absolute atomic E-state index is 15.0. The van der Waals surface area contributed by atoms with Gasteiger partial charge in [0, 0.05) is 34.6 Å². The first-order chi connectivity index (χ1) is 19.8. The molecule has 0 aliphatic heterocycles. The Balaban J connectivity index is 1.54. The Morgan fingerprint density at radius 1 is 1.05 bits per heavy atom. The van der Waals surface area contributed by atoms with Crippen molar-refractivity contribution in [1.29, 1.82) is 0 Å². The van der Waals surface area contributed by atoms with E-state index in [2.05, 4.69) is 4.98 Å². The summed E-state index contributed by atoms with van der Waals surface area (Å²) in [6.45, 7) is 0. The first-order valence-electron chi connectivity index (χ1n) is 12.9. The van der Waals surface area contributed by atoms with E-state index < -0.39 is 23.1 Å². The monoisotopic (exact) mass is 591 g/mol. The van der Waals surface area contributed by atoms with Crippen LogP contribution in [-0.2, 0) is 24.2 Å². The van der Waals surface area contributed by atoms with Crippen molar-refractivity contribution < 1.29 is 23.2 Å². The second-order valence-electron chi connectivity index (χ2n) is 9.97. The summed E-state index contributed by atoms with van der Waals surface area (Å²) in [5.74, 6) is -1.67. The zero-order valence-corrected chi connectivity index (χ0v) is 23.3. The second-order valence-corrected chi connectivity index (χ2v) is 11.9. The summed E-state index contributed by atoms with van der Waals surface area (Å²) in [7, 11) is 0. The third-order valence-corrected chi connectivity index (χ3v) is 8.69. The van der Waals surface area contributed by atoms with Gasteiger partial charge in [0.25, 0.3) is 11.4 Å². The van der Waals surface area contributed by atoms with Gasteiger partial charge in [-0.1, -0.05) is 36.4 Å². The van der Waals surface area contributed by atoms with Gasteiger partial charge in [0.1, 0.15) is 5.82 Å². The Morgan fingerprint density at radius 3 is 2.49 bits per heavy atom. The Bertz CT molecular complexity index is 1750. The normalized spacial score (nSPS) is 13.9. The standard InChI is InChI=1S/C30H24F2N4O3S2/c31-23-10-9-20(15-21(23)19-4-2-1-3-5-19)28-22(12-18-8-11-27(41(33)39)24(32)13-18)26(14-17-6-7-17)36(35-28)30-34-25(16-40-30)29(37)38/h1-5,8-11,13,15-17,39H,6-7,12,14,33H2/p+1. The molecule has 0 saturated heterocycles. The third kappa shape index (κ3) is 5.66. The van der Waals surface area contributed by atoms with Crippen LogP contribution in [0.5, 0.6) is 0 Å². The van der Waals surface area contributed by atoms with Gasteiger partial charge in [-0.2, -0.15) is 9.65 Å². The van der Waals surface area contributed by atoms with Crippen molar-refractivity contribution in [1.82, 2.24) is 14.8 Å². The van der Waals surface area contributed by atoms with Crippen molar-refractivity contribution in [3.05, 3.63) is 106 Å². The van der Waals surface area contributed by atoms with Crippen molar-refractivity contribution >= 4 is 28.7 Å². The molecule has 0 spiro atoms. The van der Waals surface area contributed by atoms with Crippen LogP contribution in [0.1, 0.15) is 40.2 Å². The number of carbonyl (C=O) groups is 1. The Morgan fingerprint density at radius 2 is 1.83 bits per heavy atom. The molecule has 4 N–H and O–H groups in total. The van der Waals surface area contributed by atoms with Crippen molar-refractivity contribution in [2.75, 3.05) is 0 Å². The molecule has 1 aliphatic rings. The number of halogens is 2. The number of aromatic nitrogens is 3.